The summed E-state index contributed by atoms with van der Waals surface area (Å²) in [6.07, 6.45) is 4.86. The van der Waals surface area contributed by atoms with Gasteiger partial charge in [-0.1, -0.05) is 12.2 Å². The molecule has 6 heteroatoms. The van der Waals surface area contributed by atoms with E-state index in [-0.39, 0.29) is 17.7 Å². The fourth-order valence-corrected chi connectivity index (χ4v) is 5.04. The van der Waals surface area contributed by atoms with Crippen LogP contribution >= 0.6 is 0 Å². The topological polar surface area (TPSA) is 90.2 Å². The summed E-state index contributed by atoms with van der Waals surface area (Å²) in [5.74, 6) is -0.252. The number of likely N-dealkylation sites (tertiary alicyclic amines) is 1. The molecule has 3 N–H and O–H groups in total. The third kappa shape index (κ3) is 1.71. The van der Waals surface area contributed by atoms with Crippen LogP contribution in [0.3, 0.4) is 0 Å². The van der Waals surface area contributed by atoms with E-state index in [0.717, 1.165) is 19.2 Å². The molecular weight excluding hydrogens is 298 g/mol. The Morgan fingerprint density at radius 3 is 3.00 bits per heavy atom. The largest absolute Gasteiger partial charge is 0.515 e. The van der Waals surface area contributed by atoms with E-state index in [1.807, 2.05) is 6.08 Å². The Morgan fingerprint density at radius 2 is 2.30 bits per heavy atom. The molecule has 6 nitrogen and oxygen atoms in total. The number of piperidine rings is 1. The third-order valence-corrected chi connectivity index (χ3v) is 6.03. The number of nitrogens with zero attached hydrogens (tertiary/aromatic N) is 1. The minimum Gasteiger partial charge on any atom is -0.515 e. The molecule has 0 radical (unpaired) electrons. The van der Waals surface area contributed by atoms with E-state index in [1.54, 1.807) is 6.08 Å². The zero-order valence-electron chi connectivity index (χ0n) is 13.0. The normalized spacial score (nSPS) is 43.5. The summed E-state index contributed by atoms with van der Waals surface area (Å²) in [7, 11) is 2.06. The highest BCUT2D eigenvalue weighted by molar-refractivity contribution is 5.97. The van der Waals surface area contributed by atoms with Gasteiger partial charge in [0.15, 0.2) is 5.76 Å². The zero-order chi connectivity index (χ0) is 16.4. The quantitative estimate of drug-likeness (QED) is 0.500. The summed E-state index contributed by atoms with van der Waals surface area (Å²) >= 11 is 0. The van der Waals surface area contributed by atoms with E-state index in [0.29, 0.717) is 17.6 Å². The number of carbonyl (C=O) groups is 1. The van der Waals surface area contributed by atoms with Gasteiger partial charge in [0.05, 0.1) is 6.26 Å². The van der Waals surface area contributed by atoms with Gasteiger partial charge in [0, 0.05) is 22.9 Å². The number of ketones is 1. The molecule has 23 heavy (non-hydrogen) atoms. The smallest absolute Gasteiger partial charge is 0.222 e. The lowest BCUT2D eigenvalue weighted by Gasteiger charge is -2.57. The zero-order valence-corrected chi connectivity index (χ0v) is 13.0. The highest BCUT2D eigenvalue weighted by Gasteiger charge is 2.65. The first-order valence-corrected chi connectivity index (χ1v) is 8.00. The average molecular weight is 319 g/mol. The van der Waals surface area contributed by atoms with Crippen molar-refractivity contribution in [2.45, 2.75) is 31.1 Å². The minimum atomic E-state index is -0.799. The van der Waals surface area contributed by atoms with Crippen LogP contribution in [-0.4, -0.2) is 64.5 Å². The van der Waals surface area contributed by atoms with Crippen molar-refractivity contribution in [3.8, 4) is 0 Å². The van der Waals surface area contributed by atoms with Crippen LogP contribution in [0.25, 0.3) is 0 Å². The van der Waals surface area contributed by atoms with Gasteiger partial charge in [-0.05, 0) is 32.0 Å². The first kappa shape index (κ1) is 14.9. The van der Waals surface area contributed by atoms with E-state index in [2.05, 4.69) is 11.9 Å². The summed E-state index contributed by atoms with van der Waals surface area (Å²) in [4.78, 5) is 14.5. The minimum absolute atomic E-state index is 0.119. The number of rotatable bonds is 2. The Morgan fingerprint density at radius 1 is 1.52 bits per heavy atom. The molecule has 2 bridgehead atoms. The molecule has 0 aromatic carbocycles. The number of Topliss-reactive ketones (excluding diaryl/α,β-unsaturated/α-hetero) is 1. The molecule has 2 fully saturated rings. The molecule has 2 heterocycles. The van der Waals surface area contributed by atoms with Crippen molar-refractivity contribution in [2.75, 3.05) is 20.2 Å². The van der Waals surface area contributed by atoms with Crippen molar-refractivity contribution < 1.29 is 24.9 Å². The summed E-state index contributed by atoms with van der Waals surface area (Å²) in [5, 5.41) is 29.5. The third-order valence-electron chi connectivity index (χ3n) is 6.03. The maximum absolute atomic E-state index is 12.2. The van der Waals surface area contributed by atoms with Crippen LogP contribution in [-0.2, 0) is 9.53 Å². The molecule has 2 aliphatic heterocycles. The highest BCUT2D eigenvalue weighted by Crippen LogP contribution is 2.63. The standard InChI is InChI=1S/C17H21NO5/c1-18-5-4-17-10-2-3-12(21)16(17)23-15(13(22)8-20)14(17)9(7-19)6-11(10)18/h2-3,7,10-12,16,19-21H,4-6,8H2,1H3/b9-7+. The molecule has 0 aromatic rings. The molecule has 124 valence electrons. The summed E-state index contributed by atoms with van der Waals surface area (Å²) in [6.45, 7) is 0.197. The van der Waals surface area contributed by atoms with Crippen molar-refractivity contribution in [1.82, 2.24) is 4.90 Å². The van der Waals surface area contributed by atoms with Gasteiger partial charge in [0.1, 0.15) is 18.8 Å². The second kappa shape index (κ2) is 4.93. The molecule has 0 amide bonds. The van der Waals surface area contributed by atoms with Gasteiger partial charge in [-0.15, -0.1) is 0 Å². The number of aliphatic hydroxyl groups is 3. The van der Waals surface area contributed by atoms with Crippen LogP contribution in [0.1, 0.15) is 12.8 Å². The molecule has 2 aliphatic carbocycles. The summed E-state index contributed by atoms with van der Waals surface area (Å²) < 4.78 is 5.89. The Bertz CT molecular complexity index is 651. The van der Waals surface area contributed by atoms with Crippen LogP contribution in [0.15, 0.2) is 35.3 Å². The number of hydrogen-bond acceptors (Lipinski definition) is 6. The average Bonchev–Trinajstić information content (AvgIpc) is 2.90. The molecule has 1 saturated carbocycles. The fourth-order valence-electron chi connectivity index (χ4n) is 5.04. The van der Waals surface area contributed by atoms with E-state index in [9.17, 15) is 20.1 Å². The van der Waals surface area contributed by atoms with Crippen molar-refractivity contribution in [3.63, 3.8) is 0 Å². The van der Waals surface area contributed by atoms with Crippen LogP contribution < -0.4 is 0 Å². The number of ether oxygens (including phenoxy) is 1. The van der Waals surface area contributed by atoms with Crippen LogP contribution in [0, 0.1) is 11.3 Å². The van der Waals surface area contributed by atoms with Crippen molar-refractivity contribution in [2.24, 2.45) is 11.3 Å². The van der Waals surface area contributed by atoms with E-state index < -0.39 is 30.0 Å². The van der Waals surface area contributed by atoms with Crippen molar-refractivity contribution in [3.05, 3.63) is 35.3 Å². The van der Waals surface area contributed by atoms with Gasteiger partial charge in [-0.25, -0.2) is 0 Å². The predicted octanol–water partition coefficient (Wildman–Crippen LogP) is 0.284. The van der Waals surface area contributed by atoms with Gasteiger partial charge in [-0.2, -0.15) is 0 Å². The summed E-state index contributed by atoms with van der Waals surface area (Å²) in [5.41, 5.74) is 0.875. The maximum atomic E-state index is 12.2. The maximum Gasteiger partial charge on any atom is 0.222 e. The van der Waals surface area contributed by atoms with Gasteiger partial charge in [0.25, 0.3) is 0 Å². The highest BCUT2D eigenvalue weighted by atomic mass is 16.5. The van der Waals surface area contributed by atoms with Crippen LogP contribution in [0.2, 0.25) is 0 Å². The second-order valence-electron chi connectivity index (χ2n) is 6.92. The molecular formula is C17H21NO5. The molecule has 0 aromatic heterocycles. The van der Waals surface area contributed by atoms with Crippen LogP contribution in [0.4, 0.5) is 0 Å². The first-order valence-electron chi connectivity index (χ1n) is 8.00. The van der Waals surface area contributed by atoms with E-state index in [1.165, 1.54) is 0 Å². The summed E-state index contributed by atoms with van der Waals surface area (Å²) in [6, 6.07) is 0.198. The predicted molar refractivity (Wildman–Crippen MR) is 81.4 cm³/mol. The number of hydrogen-bond donors (Lipinski definition) is 3. The molecule has 5 atom stereocenters. The first-order chi connectivity index (χ1) is 11.0. The van der Waals surface area contributed by atoms with Crippen molar-refractivity contribution >= 4 is 5.78 Å². The van der Waals surface area contributed by atoms with Crippen molar-refractivity contribution in [1.29, 1.82) is 0 Å². The van der Waals surface area contributed by atoms with E-state index >= 15 is 0 Å². The van der Waals surface area contributed by atoms with Gasteiger partial charge < -0.3 is 25.0 Å². The fraction of sp³-hybridized carbons (Fsp3) is 0.588. The Balaban J connectivity index is 1.96. The van der Waals surface area contributed by atoms with Gasteiger partial charge in [-0.3, -0.25) is 4.79 Å². The Kier molecular flexibility index (Phi) is 3.20. The Labute approximate surface area is 134 Å². The molecule has 4 rings (SSSR count). The Hall–Kier alpha value is -1.63. The lowest BCUT2D eigenvalue weighted by atomic mass is 9.52. The molecule has 5 unspecified atom stereocenters. The number of aliphatic hydroxyl groups excluding tert-OH is 3. The molecule has 1 spiro atoms. The molecule has 1 saturated heterocycles. The van der Waals surface area contributed by atoms with E-state index in [4.69, 9.17) is 4.74 Å². The molecule has 4 aliphatic rings. The van der Waals surface area contributed by atoms with Crippen LogP contribution in [0.5, 0.6) is 0 Å². The lowest BCUT2D eigenvalue weighted by molar-refractivity contribution is -0.126. The second-order valence-corrected chi connectivity index (χ2v) is 6.92. The van der Waals surface area contributed by atoms with Gasteiger partial charge >= 0.3 is 0 Å². The SMILES string of the molecule is CN1CCC23C4=C(C(=O)CO)OC2C(O)C=CC3C1C/C4=C\O. The lowest BCUT2D eigenvalue weighted by Crippen LogP contribution is -2.62. The number of carbonyl (C=O) groups excluding carboxylic acids is 1. The van der Waals surface area contributed by atoms with Gasteiger partial charge in [0.2, 0.25) is 5.78 Å². The monoisotopic (exact) mass is 319 g/mol.